The number of hydrogen-bond acceptors (Lipinski definition) is 6. The van der Waals surface area contributed by atoms with E-state index in [4.69, 9.17) is 4.74 Å². The number of thiophene rings is 1. The maximum absolute atomic E-state index is 13.0. The molecule has 1 fully saturated rings. The summed E-state index contributed by atoms with van der Waals surface area (Å²) in [6.45, 7) is 10.3. The molecule has 1 aliphatic carbocycles. The van der Waals surface area contributed by atoms with Crippen LogP contribution in [0, 0.1) is 0 Å². The van der Waals surface area contributed by atoms with Gasteiger partial charge in [-0.3, -0.25) is 9.69 Å². The van der Waals surface area contributed by atoms with E-state index in [9.17, 15) is 9.59 Å². The van der Waals surface area contributed by atoms with Crippen molar-refractivity contribution in [2.24, 2.45) is 0 Å². The van der Waals surface area contributed by atoms with Crippen LogP contribution >= 0.6 is 11.3 Å². The lowest BCUT2D eigenvalue weighted by Gasteiger charge is -2.36. The first-order valence-electron chi connectivity index (χ1n) is 11.0. The Morgan fingerprint density at radius 2 is 1.86 bits per heavy atom. The molecule has 2 heterocycles. The first-order chi connectivity index (χ1) is 13.9. The Morgan fingerprint density at radius 3 is 2.52 bits per heavy atom. The van der Waals surface area contributed by atoms with Crippen molar-refractivity contribution < 1.29 is 14.3 Å². The van der Waals surface area contributed by atoms with Gasteiger partial charge < -0.3 is 15.4 Å². The van der Waals surface area contributed by atoms with E-state index in [-0.39, 0.29) is 17.9 Å². The van der Waals surface area contributed by atoms with Gasteiger partial charge in [-0.25, -0.2) is 4.79 Å². The van der Waals surface area contributed by atoms with E-state index in [1.165, 1.54) is 4.88 Å². The van der Waals surface area contributed by atoms with E-state index < -0.39 is 0 Å². The van der Waals surface area contributed by atoms with Gasteiger partial charge in [-0.2, -0.15) is 0 Å². The van der Waals surface area contributed by atoms with Crippen LogP contribution in [0.15, 0.2) is 0 Å². The number of amides is 1. The highest BCUT2D eigenvalue weighted by atomic mass is 32.1. The third kappa shape index (κ3) is 5.38. The molecule has 1 aromatic heterocycles. The number of carbonyl (C=O) groups is 2. The molecular formula is C22H35N3O3S. The molecule has 6 nitrogen and oxygen atoms in total. The van der Waals surface area contributed by atoms with Crippen molar-refractivity contribution in [2.45, 2.75) is 84.3 Å². The Morgan fingerprint density at radius 1 is 1.17 bits per heavy atom. The van der Waals surface area contributed by atoms with E-state index in [1.807, 2.05) is 13.8 Å². The summed E-state index contributed by atoms with van der Waals surface area (Å²) in [5, 5.41) is 7.33. The summed E-state index contributed by atoms with van der Waals surface area (Å²) in [6, 6.07) is 0.795. The Balaban J connectivity index is 1.67. The highest BCUT2D eigenvalue weighted by Gasteiger charge is 2.30. The topological polar surface area (TPSA) is 70.7 Å². The van der Waals surface area contributed by atoms with Gasteiger partial charge in [0.2, 0.25) is 5.91 Å². The molecule has 162 valence electrons. The molecule has 29 heavy (non-hydrogen) atoms. The largest absolute Gasteiger partial charge is 0.462 e. The Bertz CT molecular complexity index is 723. The molecule has 1 unspecified atom stereocenters. The molecule has 3 rings (SSSR count). The number of rotatable bonds is 7. The Labute approximate surface area is 178 Å². The highest BCUT2D eigenvalue weighted by molar-refractivity contribution is 7.17. The third-order valence-corrected chi connectivity index (χ3v) is 7.12. The summed E-state index contributed by atoms with van der Waals surface area (Å²) in [5.41, 5.74) is 1.68. The zero-order valence-electron chi connectivity index (χ0n) is 18.2. The van der Waals surface area contributed by atoms with Crippen LogP contribution in [0.4, 0.5) is 5.00 Å². The van der Waals surface area contributed by atoms with Crippen LogP contribution in [-0.2, 0) is 22.4 Å². The van der Waals surface area contributed by atoms with E-state index in [2.05, 4.69) is 29.4 Å². The summed E-state index contributed by atoms with van der Waals surface area (Å²) in [5.74, 6) is -0.347. The minimum atomic E-state index is -0.310. The van der Waals surface area contributed by atoms with E-state index in [0.717, 1.165) is 57.2 Å². The van der Waals surface area contributed by atoms with Gasteiger partial charge in [0, 0.05) is 30.1 Å². The smallest absolute Gasteiger partial charge is 0.341 e. The number of likely N-dealkylation sites (tertiary alicyclic amines) is 1. The summed E-state index contributed by atoms with van der Waals surface area (Å²) in [7, 11) is 0. The number of fused-ring (bicyclic) bond motifs is 1. The van der Waals surface area contributed by atoms with Gasteiger partial charge in [0.05, 0.1) is 18.2 Å². The molecule has 0 spiro atoms. The van der Waals surface area contributed by atoms with Crippen molar-refractivity contribution in [1.29, 1.82) is 0 Å². The number of aryl methyl sites for hydroxylation is 1. The van der Waals surface area contributed by atoms with Crippen molar-refractivity contribution in [1.82, 2.24) is 10.2 Å². The fourth-order valence-corrected chi connectivity index (χ4v) is 5.66. The number of hydrogen-bond donors (Lipinski definition) is 2. The van der Waals surface area contributed by atoms with Crippen molar-refractivity contribution in [2.75, 3.05) is 25.0 Å². The number of nitrogens with zero attached hydrogens (tertiary/aromatic N) is 1. The lowest BCUT2D eigenvalue weighted by Crippen LogP contribution is -2.50. The number of carbonyl (C=O) groups excluding carboxylic acids is 2. The SMILES string of the molecule is CCOC(=O)c1c(NC(=O)C(C)N2CCC(NC(C)C)CC2)sc2c1CCCC2. The van der Waals surface area contributed by atoms with Crippen LogP contribution in [0.5, 0.6) is 0 Å². The molecule has 0 saturated carbocycles. The zero-order valence-corrected chi connectivity index (χ0v) is 19.0. The maximum Gasteiger partial charge on any atom is 0.341 e. The predicted octanol–water partition coefficient (Wildman–Crippen LogP) is 3.59. The zero-order chi connectivity index (χ0) is 21.0. The standard InChI is InChI=1S/C22H35N3O3S/c1-5-28-22(27)19-17-8-6-7-9-18(17)29-21(19)24-20(26)15(4)25-12-10-16(11-13-25)23-14(2)3/h14-16,23H,5-13H2,1-4H3,(H,24,26). The highest BCUT2D eigenvalue weighted by Crippen LogP contribution is 2.38. The number of piperidine rings is 1. The summed E-state index contributed by atoms with van der Waals surface area (Å²) in [6.07, 6.45) is 6.20. The van der Waals surface area contributed by atoms with Gasteiger partial charge in [0.25, 0.3) is 0 Å². The lowest BCUT2D eigenvalue weighted by molar-refractivity contribution is -0.121. The van der Waals surface area contributed by atoms with Gasteiger partial charge in [-0.1, -0.05) is 13.8 Å². The van der Waals surface area contributed by atoms with Crippen LogP contribution in [-0.4, -0.2) is 54.6 Å². The molecule has 1 aliphatic heterocycles. The summed E-state index contributed by atoms with van der Waals surface area (Å²) in [4.78, 5) is 29.1. The first-order valence-corrected chi connectivity index (χ1v) is 11.8. The number of esters is 1. The van der Waals surface area contributed by atoms with E-state index in [0.29, 0.717) is 29.3 Å². The second-order valence-corrected chi connectivity index (χ2v) is 9.54. The number of nitrogens with one attached hydrogen (secondary N) is 2. The van der Waals surface area contributed by atoms with Gasteiger partial charge in [0.15, 0.2) is 0 Å². The normalized spacial score (nSPS) is 19.1. The molecule has 1 aromatic rings. The van der Waals surface area contributed by atoms with Gasteiger partial charge in [0.1, 0.15) is 5.00 Å². The van der Waals surface area contributed by atoms with Crippen molar-refractivity contribution >= 4 is 28.2 Å². The average molecular weight is 422 g/mol. The molecule has 1 amide bonds. The molecule has 2 N–H and O–H groups in total. The van der Waals surface area contributed by atoms with Gasteiger partial charge in [-0.05, 0) is 57.9 Å². The monoisotopic (exact) mass is 421 g/mol. The van der Waals surface area contributed by atoms with Crippen molar-refractivity contribution in [3.63, 3.8) is 0 Å². The second-order valence-electron chi connectivity index (χ2n) is 8.43. The van der Waals surface area contributed by atoms with Crippen LogP contribution in [0.1, 0.15) is 74.2 Å². The molecule has 1 atom stereocenters. The second kappa shape index (κ2) is 10.0. The fourth-order valence-electron chi connectivity index (χ4n) is 4.38. The van der Waals surface area contributed by atoms with E-state index >= 15 is 0 Å². The first kappa shape index (κ1) is 22.2. The Hall–Kier alpha value is -1.44. The molecule has 0 bridgehead atoms. The third-order valence-electron chi connectivity index (χ3n) is 5.91. The molecule has 7 heteroatoms. The van der Waals surface area contributed by atoms with E-state index in [1.54, 1.807) is 11.3 Å². The number of anilines is 1. The van der Waals surface area contributed by atoms with Crippen LogP contribution in [0.3, 0.4) is 0 Å². The molecule has 0 radical (unpaired) electrons. The predicted molar refractivity (Wildman–Crippen MR) is 118 cm³/mol. The van der Waals surface area contributed by atoms with Crippen LogP contribution in [0.25, 0.3) is 0 Å². The molecule has 0 aromatic carbocycles. The Kier molecular flexibility index (Phi) is 7.71. The van der Waals surface area contributed by atoms with Crippen molar-refractivity contribution in [3.05, 3.63) is 16.0 Å². The van der Waals surface area contributed by atoms with Gasteiger partial charge in [-0.15, -0.1) is 11.3 Å². The van der Waals surface area contributed by atoms with Gasteiger partial charge >= 0.3 is 5.97 Å². The average Bonchev–Trinajstić information content (AvgIpc) is 3.05. The number of ether oxygens (including phenoxy) is 1. The maximum atomic E-state index is 13.0. The van der Waals surface area contributed by atoms with Crippen LogP contribution < -0.4 is 10.6 Å². The summed E-state index contributed by atoms with van der Waals surface area (Å²) < 4.78 is 5.29. The molecular weight excluding hydrogens is 386 g/mol. The quantitative estimate of drug-likeness (QED) is 0.659. The lowest BCUT2D eigenvalue weighted by atomic mass is 9.95. The summed E-state index contributed by atoms with van der Waals surface area (Å²) >= 11 is 1.55. The van der Waals surface area contributed by atoms with Crippen molar-refractivity contribution in [3.8, 4) is 0 Å². The minimum absolute atomic E-state index is 0.0376. The molecule has 1 saturated heterocycles. The minimum Gasteiger partial charge on any atom is -0.462 e. The fraction of sp³-hybridized carbons (Fsp3) is 0.727. The molecule has 2 aliphatic rings. The van der Waals surface area contributed by atoms with Crippen LogP contribution in [0.2, 0.25) is 0 Å².